The van der Waals surface area contributed by atoms with Crippen molar-refractivity contribution in [2.75, 3.05) is 13.2 Å². The Morgan fingerprint density at radius 2 is 1.65 bits per heavy atom. The molecule has 0 unspecified atom stereocenters. The first-order valence-electron chi connectivity index (χ1n) is 9.90. The third-order valence-corrected chi connectivity index (χ3v) is 6.81. The molecule has 5 rings (SSSR count). The molecule has 2 heterocycles. The van der Waals surface area contributed by atoms with Crippen molar-refractivity contribution in [1.29, 1.82) is 0 Å². The zero-order valence-electron chi connectivity index (χ0n) is 16.9. The molecule has 0 saturated heterocycles. The van der Waals surface area contributed by atoms with E-state index in [-0.39, 0.29) is 4.90 Å². The van der Waals surface area contributed by atoms with E-state index >= 15 is 0 Å². The standard InChI is InChI=1S/C24H20N2O4S/c1-17-6-8-18(9-7-17)10-13-24-25-20-4-2-3-5-21(20)26(24)31(27,28)19-11-12-22-23(16-19)30-15-14-29-22/h2-13,16H,14-15H2,1H3. The molecule has 0 N–H and O–H groups in total. The van der Waals surface area contributed by atoms with Crippen LogP contribution in [0.3, 0.4) is 0 Å². The summed E-state index contributed by atoms with van der Waals surface area (Å²) < 4.78 is 39.7. The molecule has 4 aromatic rings. The topological polar surface area (TPSA) is 70.4 Å². The van der Waals surface area contributed by atoms with Crippen LogP contribution in [-0.2, 0) is 10.0 Å². The van der Waals surface area contributed by atoms with Gasteiger partial charge < -0.3 is 9.47 Å². The van der Waals surface area contributed by atoms with E-state index in [2.05, 4.69) is 4.98 Å². The highest BCUT2D eigenvalue weighted by Gasteiger charge is 2.25. The van der Waals surface area contributed by atoms with Crippen LogP contribution < -0.4 is 9.47 Å². The number of ether oxygens (including phenoxy) is 2. The highest BCUT2D eigenvalue weighted by Crippen LogP contribution is 2.34. The van der Waals surface area contributed by atoms with Gasteiger partial charge in [-0.05, 0) is 42.8 Å². The van der Waals surface area contributed by atoms with Crippen molar-refractivity contribution in [2.45, 2.75) is 11.8 Å². The Labute approximate surface area is 180 Å². The van der Waals surface area contributed by atoms with Gasteiger partial charge in [0.1, 0.15) is 19.0 Å². The number of rotatable bonds is 4. The molecular weight excluding hydrogens is 412 g/mol. The Morgan fingerprint density at radius 3 is 2.45 bits per heavy atom. The molecule has 1 aliphatic heterocycles. The predicted molar refractivity (Wildman–Crippen MR) is 120 cm³/mol. The molecule has 0 bridgehead atoms. The summed E-state index contributed by atoms with van der Waals surface area (Å²) in [6.07, 6.45) is 3.58. The largest absolute Gasteiger partial charge is 0.486 e. The number of nitrogens with zero attached hydrogens (tertiary/aromatic N) is 2. The molecule has 0 spiro atoms. The molecule has 1 aliphatic rings. The van der Waals surface area contributed by atoms with Gasteiger partial charge in [0.05, 0.1) is 15.9 Å². The third-order valence-electron chi connectivity index (χ3n) is 5.10. The molecule has 0 aliphatic carbocycles. The molecule has 1 aromatic heterocycles. The van der Waals surface area contributed by atoms with Crippen LogP contribution >= 0.6 is 0 Å². The number of aromatic nitrogens is 2. The fourth-order valence-electron chi connectivity index (χ4n) is 3.52. The fraction of sp³-hybridized carbons (Fsp3) is 0.125. The molecule has 31 heavy (non-hydrogen) atoms. The smallest absolute Gasteiger partial charge is 0.270 e. The van der Waals surface area contributed by atoms with Crippen LogP contribution in [0.15, 0.2) is 71.6 Å². The number of benzene rings is 3. The zero-order chi connectivity index (χ0) is 21.4. The normalized spacial score (nSPS) is 13.7. The van der Waals surface area contributed by atoms with Gasteiger partial charge >= 0.3 is 0 Å². The monoisotopic (exact) mass is 432 g/mol. The molecular formula is C24H20N2O4S. The van der Waals surface area contributed by atoms with Crippen molar-refractivity contribution in [3.05, 3.63) is 83.7 Å². The average Bonchev–Trinajstić information content (AvgIpc) is 3.17. The van der Waals surface area contributed by atoms with Crippen molar-refractivity contribution in [3.63, 3.8) is 0 Å². The first-order valence-corrected chi connectivity index (χ1v) is 11.3. The van der Waals surface area contributed by atoms with Gasteiger partial charge in [-0.25, -0.2) is 17.4 Å². The SMILES string of the molecule is Cc1ccc(C=Cc2nc3ccccc3n2S(=O)(=O)c2ccc3c(c2)OCCO3)cc1. The van der Waals surface area contributed by atoms with E-state index in [1.807, 2.05) is 43.3 Å². The van der Waals surface area contributed by atoms with Crippen molar-refractivity contribution in [3.8, 4) is 11.5 Å². The maximum atomic E-state index is 13.7. The number of hydrogen-bond donors (Lipinski definition) is 0. The van der Waals surface area contributed by atoms with Gasteiger partial charge in [0, 0.05) is 6.07 Å². The second-order valence-corrected chi connectivity index (χ2v) is 9.06. The lowest BCUT2D eigenvalue weighted by Gasteiger charge is -2.19. The van der Waals surface area contributed by atoms with Gasteiger partial charge in [-0.3, -0.25) is 0 Å². The van der Waals surface area contributed by atoms with Gasteiger partial charge in [0.15, 0.2) is 11.5 Å². The minimum absolute atomic E-state index is 0.116. The van der Waals surface area contributed by atoms with Gasteiger partial charge in [0.2, 0.25) is 0 Å². The number of para-hydroxylation sites is 2. The highest BCUT2D eigenvalue weighted by atomic mass is 32.2. The van der Waals surface area contributed by atoms with Crippen LogP contribution in [0.5, 0.6) is 11.5 Å². The molecule has 0 fully saturated rings. The zero-order valence-corrected chi connectivity index (χ0v) is 17.7. The Hall–Kier alpha value is -3.58. The van der Waals surface area contributed by atoms with E-state index in [0.29, 0.717) is 41.6 Å². The van der Waals surface area contributed by atoms with Crippen LogP contribution in [0.1, 0.15) is 17.0 Å². The molecule has 156 valence electrons. The van der Waals surface area contributed by atoms with Gasteiger partial charge in [-0.2, -0.15) is 0 Å². The Morgan fingerprint density at radius 1 is 0.903 bits per heavy atom. The molecule has 0 saturated carbocycles. The van der Waals surface area contributed by atoms with E-state index < -0.39 is 10.0 Å². The quantitative estimate of drug-likeness (QED) is 0.474. The summed E-state index contributed by atoms with van der Waals surface area (Å²) in [6, 6.07) is 19.8. The van der Waals surface area contributed by atoms with E-state index in [9.17, 15) is 8.42 Å². The molecule has 7 heteroatoms. The van der Waals surface area contributed by atoms with Crippen LogP contribution in [0.2, 0.25) is 0 Å². The first-order chi connectivity index (χ1) is 15.0. The predicted octanol–water partition coefficient (Wildman–Crippen LogP) is 4.52. The third kappa shape index (κ3) is 3.57. The number of hydrogen-bond acceptors (Lipinski definition) is 5. The number of fused-ring (bicyclic) bond motifs is 2. The summed E-state index contributed by atoms with van der Waals surface area (Å²) in [6.45, 7) is 2.85. The van der Waals surface area contributed by atoms with E-state index in [1.165, 1.54) is 16.1 Å². The highest BCUT2D eigenvalue weighted by molar-refractivity contribution is 7.90. The van der Waals surface area contributed by atoms with Crippen LogP contribution in [0, 0.1) is 6.92 Å². The maximum Gasteiger partial charge on any atom is 0.270 e. The molecule has 0 amide bonds. The number of imidazole rings is 1. The van der Waals surface area contributed by atoms with Crippen molar-refractivity contribution >= 4 is 33.2 Å². The minimum Gasteiger partial charge on any atom is -0.486 e. The van der Waals surface area contributed by atoms with E-state index in [0.717, 1.165) is 11.1 Å². The van der Waals surface area contributed by atoms with Crippen molar-refractivity contribution in [2.24, 2.45) is 0 Å². The van der Waals surface area contributed by atoms with Gasteiger partial charge in [-0.15, -0.1) is 0 Å². The minimum atomic E-state index is -3.93. The average molecular weight is 433 g/mol. The molecule has 3 aromatic carbocycles. The fourth-order valence-corrected chi connectivity index (χ4v) is 4.99. The lowest BCUT2D eigenvalue weighted by molar-refractivity contribution is 0.171. The summed E-state index contributed by atoms with van der Waals surface area (Å²) in [7, 11) is -3.93. The van der Waals surface area contributed by atoms with E-state index in [4.69, 9.17) is 9.47 Å². The summed E-state index contributed by atoms with van der Waals surface area (Å²) >= 11 is 0. The second kappa shape index (κ2) is 7.59. The van der Waals surface area contributed by atoms with Gasteiger partial charge in [-0.1, -0.05) is 48.0 Å². The summed E-state index contributed by atoms with van der Waals surface area (Å²) in [5, 5.41) is 0. The van der Waals surface area contributed by atoms with Crippen molar-refractivity contribution in [1.82, 2.24) is 8.96 Å². The lowest BCUT2D eigenvalue weighted by atomic mass is 10.1. The molecule has 6 nitrogen and oxygen atoms in total. The molecule has 0 atom stereocenters. The Kier molecular flexibility index (Phi) is 4.75. The Balaban J connectivity index is 1.64. The number of aryl methyl sites for hydroxylation is 1. The van der Waals surface area contributed by atoms with Crippen LogP contribution in [-0.4, -0.2) is 30.6 Å². The lowest BCUT2D eigenvalue weighted by Crippen LogP contribution is -2.18. The Bertz CT molecular complexity index is 1400. The molecule has 0 radical (unpaired) electrons. The van der Waals surface area contributed by atoms with Crippen LogP contribution in [0.4, 0.5) is 0 Å². The van der Waals surface area contributed by atoms with Gasteiger partial charge in [0.25, 0.3) is 10.0 Å². The van der Waals surface area contributed by atoms with E-state index in [1.54, 1.807) is 30.3 Å². The first kappa shape index (κ1) is 19.4. The van der Waals surface area contributed by atoms with Crippen molar-refractivity contribution < 1.29 is 17.9 Å². The summed E-state index contributed by atoms with van der Waals surface area (Å²) in [5.41, 5.74) is 3.24. The maximum absolute atomic E-state index is 13.7. The second-order valence-electron chi connectivity index (χ2n) is 7.28. The summed E-state index contributed by atoms with van der Waals surface area (Å²) in [4.78, 5) is 4.68. The summed E-state index contributed by atoms with van der Waals surface area (Å²) in [5.74, 6) is 1.30. The van der Waals surface area contributed by atoms with Crippen LogP contribution in [0.25, 0.3) is 23.2 Å².